The summed E-state index contributed by atoms with van der Waals surface area (Å²) in [5.74, 6) is 2.21. The number of carbonyl (C=O) groups excluding carboxylic acids is 1. The van der Waals surface area contributed by atoms with Crippen LogP contribution >= 0.6 is 23.1 Å². The van der Waals surface area contributed by atoms with Gasteiger partial charge in [-0.15, -0.1) is 23.1 Å². The Bertz CT molecular complexity index is 937. The van der Waals surface area contributed by atoms with Gasteiger partial charge in [-0.25, -0.2) is 4.98 Å². The number of piperidine rings is 1. The summed E-state index contributed by atoms with van der Waals surface area (Å²) in [6.45, 7) is 7.46. The number of aromatic amines is 1. The monoisotopic (exact) mass is 434 g/mol. The number of rotatable bonds is 7. The van der Waals surface area contributed by atoms with Crippen LogP contribution in [-0.4, -0.2) is 52.2 Å². The van der Waals surface area contributed by atoms with Gasteiger partial charge in [-0.3, -0.25) is 9.59 Å². The number of fused-ring (bicyclic) bond motifs is 3. The van der Waals surface area contributed by atoms with Crippen LogP contribution in [0.1, 0.15) is 49.4 Å². The van der Waals surface area contributed by atoms with Gasteiger partial charge >= 0.3 is 0 Å². The van der Waals surface area contributed by atoms with Gasteiger partial charge in [0.15, 0.2) is 0 Å². The molecule has 158 valence electrons. The van der Waals surface area contributed by atoms with Gasteiger partial charge in [0, 0.05) is 24.0 Å². The van der Waals surface area contributed by atoms with E-state index in [-0.39, 0.29) is 11.5 Å². The Labute approximate surface area is 179 Å². The topological polar surface area (TPSA) is 78.1 Å². The molecule has 6 nitrogen and oxygen atoms in total. The molecule has 1 aliphatic heterocycles. The first kappa shape index (κ1) is 20.9. The molecule has 3 heterocycles. The van der Waals surface area contributed by atoms with Crippen molar-refractivity contribution in [3.8, 4) is 0 Å². The highest BCUT2D eigenvalue weighted by atomic mass is 32.2. The van der Waals surface area contributed by atoms with Crippen LogP contribution in [0.5, 0.6) is 0 Å². The van der Waals surface area contributed by atoms with Crippen molar-refractivity contribution in [1.29, 1.82) is 0 Å². The van der Waals surface area contributed by atoms with Gasteiger partial charge < -0.3 is 15.2 Å². The van der Waals surface area contributed by atoms with Crippen molar-refractivity contribution in [1.82, 2.24) is 20.2 Å². The van der Waals surface area contributed by atoms with Crippen molar-refractivity contribution < 1.29 is 4.79 Å². The lowest BCUT2D eigenvalue weighted by Crippen LogP contribution is -2.44. The van der Waals surface area contributed by atoms with E-state index in [0.29, 0.717) is 29.3 Å². The SMILES string of the molecule is CC(C)N1CCCC(CNC(=O)CSCc2nc3sc4c(c3c(=O)[nH]2)CCC4)C1. The Hall–Kier alpha value is -1.38. The molecule has 0 spiro atoms. The molecule has 1 aliphatic carbocycles. The number of aryl methyl sites for hydroxylation is 2. The van der Waals surface area contributed by atoms with E-state index in [0.717, 1.165) is 42.6 Å². The summed E-state index contributed by atoms with van der Waals surface area (Å²) in [7, 11) is 0. The number of hydrogen-bond acceptors (Lipinski definition) is 6. The maximum atomic E-state index is 12.5. The average Bonchev–Trinajstić information content (AvgIpc) is 3.27. The van der Waals surface area contributed by atoms with Crippen molar-refractivity contribution in [2.45, 2.75) is 57.7 Å². The summed E-state index contributed by atoms with van der Waals surface area (Å²) >= 11 is 3.16. The zero-order valence-corrected chi connectivity index (χ0v) is 18.9. The Kier molecular flexibility index (Phi) is 6.61. The van der Waals surface area contributed by atoms with Crippen molar-refractivity contribution in [3.63, 3.8) is 0 Å². The predicted molar refractivity (Wildman–Crippen MR) is 121 cm³/mol. The van der Waals surface area contributed by atoms with E-state index in [1.54, 1.807) is 11.3 Å². The molecule has 1 saturated heterocycles. The highest BCUT2D eigenvalue weighted by Crippen LogP contribution is 2.34. The number of nitrogens with zero attached hydrogens (tertiary/aromatic N) is 2. The van der Waals surface area contributed by atoms with Crippen LogP contribution in [0.25, 0.3) is 10.2 Å². The predicted octanol–water partition coefficient (Wildman–Crippen LogP) is 2.94. The second-order valence-electron chi connectivity index (χ2n) is 8.44. The molecule has 0 radical (unpaired) electrons. The molecule has 2 aromatic rings. The Morgan fingerprint density at radius 1 is 1.38 bits per heavy atom. The van der Waals surface area contributed by atoms with Gasteiger partial charge in [0.2, 0.25) is 5.91 Å². The number of thiophene rings is 1. The quantitative estimate of drug-likeness (QED) is 0.701. The van der Waals surface area contributed by atoms with Crippen LogP contribution in [0.3, 0.4) is 0 Å². The zero-order valence-electron chi connectivity index (χ0n) is 17.3. The van der Waals surface area contributed by atoms with Gasteiger partial charge in [-0.2, -0.15) is 0 Å². The standard InChI is InChI=1S/C21H30N4O2S2/c1-13(2)25-8-4-5-14(10-25)9-22-18(26)12-28-11-17-23-20(27)19-15-6-3-7-16(15)29-21(19)24-17/h13-14H,3-12H2,1-2H3,(H,22,26)(H,23,24,27). The summed E-state index contributed by atoms with van der Waals surface area (Å²) in [5, 5.41) is 3.88. The van der Waals surface area contributed by atoms with Crippen molar-refractivity contribution in [2.24, 2.45) is 5.92 Å². The minimum atomic E-state index is -0.0264. The molecule has 2 N–H and O–H groups in total. The summed E-state index contributed by atoms with van der Waals surface area (Å²) in [4.78, 5) is 36.9. The van der Waals surface area contributed by atoms with E-state index < -0.39 is 0 Å². The van der Waals surface area contributed by atoms with Crippen molar-refractivity contribution >= 4 is 39.2 Å². The van der Waals surface area contributed by atoms with Crippen LogP contribution in [0, 0.1) is 5.92 Å². The number of H-pyrrole nitrogens is 1. The Morgan fingerprint density at radius 3 is 3.07 bits per heavy atom. The fourth-order valence-corrected chi connectivity index (χ4v) is 6.40. The van der Waals surface area contributed by atoms with Crippen LogP contribution in [0.4, 0.5) is 0 Å². The maximum Gasteiger partial charge on any atom is 0.259 e. The molecule has 29 heavy (non-hydrogen) atoms. The third-order valence-corrected chi connectivity index (χ3v) is 8.09. The summed E-state index contributed by atoms with van der Waals surface area (Å²) in [6.07, 6.45) is 5.59. The largest absolute Gasteiger partial charge is 0.355 e. The summed E-state index contributed by atoms with van der Waals surface area (Å²) in [5.41, 5.74) is 1.18. The number of likely N-dealkylation sites (tertiary alicyclic amines) is 1. The molecule has 1 fully saturated rings. The molecule has 1 unspecified atom stereocenters. The number of amides is 1. The van der Waals surface area contributed by atoms with Gasteiger partial charge in [0.1, 0.15) is 10.7 Å². The van der Waals surface area contributed by atoms with E-state index in [9.17, 15) is 9.59 Å². The minimum Gasteiger partial charge on any atom is -0.355 e. The highest BCUT2D eigenvalue weighted by Gasteiger charge is 2.22. The number of nitrogens with one attached hydrogen (secondary N) is 2. The molecular weight excluding hydrogens is 404 g/mol. The zero-order chi connectivity index (χ0) is 20.4. The lowest BCUT2D eigenvalue weighted by Gasteiger charge is -2.35. The maximum absolute atomic E-state index is 12.5. The molecule has 0 bridgehead atoms. The van der Waals surface area contributed by atoms with E-state index in [4.69, 9.17) is 0 Å². The Balaban J connectivity index is 1.25. The average molecular weight is 435 g/mol. The van der Waals surface area contributed by atoms with Crippen LogP contribution in [0.2, 0.25) is 0 Å². The first-order valence-electron chi connectivity index (χ1n) is 10.6. The molecule has 2 aromatic heterocycles. The molecule has 8 heteroatoms. The molecule has 2 aliphatic rings. The lowest BCUT2D eigenvalue weighted by atomic mass is 9.97. The van der Waals surface area contributed by atoms with E-state index in [1.165, 1.54) is 41.6 Å². The third-order valence-electron chi connectivity index (χ3n) is 5.96. The molecule has 4 rings (SSSR count). The van der Waals surface area contributed by atoms with E-state index in [1.807, 2.05) is 0 Å². The summed E-state index contributed by atoms with van der Waals surface area (Å²) < 4.78 is 0. The van der Waals surface area contributed by atoms with Crippen LogP contribution in [-0.2, 0) is 23.4 Å². The first-order valence-corrected chi connectivity index (χ1v) is 12.6. The molecule has 1 amide bonds. The van der Waals surface area contributed by atoms with Gasteiger partial charge in [0.05, 0.1) is 16.9 Å². The molecular formula is C21H30N4O2S2. The third kappa shape index (κ3) is 4.86. The minimum absolute atomic E-state index is 0.0264. The molecule has 0 saturated carbocycles. The first-order chi connectivity index (χ1) is 14.0. The highest BCUT2D eigenvalue weighted by molar-refractivity contribution is 7.99. The second-order valence-corrected chi connectivity index (χ2v) is 10.5. The smallest absolute Gasteiger partial charge is 0.259 e. The number of aromatic nitrogens is 2. The van der Waals surface area contributed by atoms with Crippen molar-refractivity contribution in [2.75, 3.05) is 25.4 Å². The fourth-order valence-electron chi connectivity index (χ4n) is 4.40. The Morgan fingerprint density at radius 2 is 2.24 bits per heavy atom. The van der Waals surface area contributed by atoms with Gasteiger partial charge in [-0.1, -0.05) is 0 Å². The normalized spacial score (nSPS) is 19.8. The van der Waals surface area contributed by atoms with Crippen LogP contribution < -0.4 is 10.9 Å². The molecule has 0 aromatic carbocycles. The lowest BCUT2D eigenvalue weighted by molar-refractivity contribution is -0.118. The van der Waals surface area contributed by atoms with E-state index in [2.05, 4.69) is 34.0 Å². The van der Waals surface area contributed by atoms with Crippen LogP contribution in [0.15, 0.2) is 4.79 Å². The van der Waals surface area contributed by atoms with Crippen molar-refractivity contribution in [3.05, 3.63) is 26.6 Å². The number of hydrogen-bond donors (Lipinski definition) is 2. The summed E-state index contributed by atoms with van der Waals surface area (Å²) in [6, 6.07) is 0.570. The number of carbonyl (C=O) groups is 1. The fraction of sp³-hybridized carbons (Fsp3) is 0.667. The molecule has 1 atom stereocenters. The van der Waals surface area contributed by atoms with Gasteiger partial charge in [0.25, 0.3) is 5.56 Å². The second kappa shape index (κ2) is 9.18. The van der Waals surface area contributed by atoms with Gasteiger partial charge in [-0.05, 0) is 64.0 Å². The van der Waals surface area contributed by atoms with E-state index >= 15 is 0 Å². The number of thioether (sulfide) groups is 1.